The molecule has 3 heterocycles. The molecular weight excluding hydrogens is 352 g/mol. The van der Waals surface area contributed by atoms with Crippen molar-refractivity contribution in [2.24, 2.45) is 0 Å². The van der Waals surface area contributed by atoms with Gasteiger partial charge in [-0.05, 0) is 42.8 Å². The van der Waals surface area contributed by atoms with Gasteiger partial charge in [0.15, 0.2) is 5.65 Å². The molecule has 26 heavy (non-hydrogen) atoms. The van der Waals surface area contributed by atoms with Gasteiger partial charge in [-0.25, -0.2) is 4.98 Å². The molecule has 2 aromatic heterocycles. The molecule has 1 saturated heterocycles. The van der Waals surface area contributed by atoms with E-state index in [0.29, 0.717) is 29.7 Å². The molecule has 134 valence electrons. The summed E-state index contributed by atoms with van der Waals surface area (Å²) in [5.41, 5.74) is 3.13. The van der Waals surface area contributed by atoms with E-state index >= 15 is 0 Å². The van der Waals surface area contributed by atoms with Crippen molar-refractivity contribution < 1.29 is 4.74 Å². The zero-order valence-corrected chi connectivity index (χ0v) is 15.2. The van der Waals surface area contributed by atoms with E-state index in [1.165, 1.54) is 0 Å². The summed E-state index contributed by atoms with van der Waals surface area (Å²) in [6.07, 6.45) is 1.81. The van der Waals surface area contributed by atoms with Crippen LogP contribution in [0.1, 0.15) is 5.56 Å². The second-order valence-corrected chi connectivity index (χ2v) is 6.75. The fourth-order valence-corrected chi connectivity index (χ4v) is 3.19. The van der Waals surface area contributed by atoms with E-state index < -0.39 is 0 Å². The largest absolute Gasteiger partial charge is 0.378 e. The van der Waals surface area contributed by atoms with Gasteiger partial charge in [0, 0.05) is 36.1 Å². The summed E-state index contributed by atoms with van der Waals surface area (Å²) >= 11 is 5.96. The van der Waals surface area contributed by atoms with Crippen LogP contribution >= 0.6 is 11.6 Å². The summed E-state index contributed by atoms with van der Waals surface area (Å²) in [4.78, 5) is 19.5. The Bertz CT molecular complexity index is 995. The van der Waals surface area contributed by atoms with Gasteiger partial charge in [-0.2, -0.15) is 0 Å². The van der Waals surface area contributed by atoms with Crippen molar-refractivity contribution in [2.45, 2.75) is 6.92 Å². The third-order valence-electron chi connectivity index (χ3n) is 4.34. The van der Waals surface area contributed by atoms with Crippen LogP contribution in [0.15, 0.2) is 47.4 Å². The van der Waals surface area contributed by atoms with Gasteiger partial charge in [0.1, 0.15) is 5.82 Å². The third-order valence-corrected chi connectivity index (χ3v) is 4.59. The first kappa shape index (κ1) is 16.9. The second-order valence-electron chi connectivity index (χ2n) is 6.31. The fraction of sp³-hybridized carbons (Fsp3) is 0.263. The van der Waals surface area contributed by atoms with Gasteiger partial charge in [-0.15, -0.1) is 0 Å². The molecule has 0 spiro atoms. The Morgan fingerprint density at radius 3 is 2.62 bits per heavy atom. The van der Waals surface area contributed by atoms with E-state index in [-0.39, 0.29) is 5.56 Å². The Morgan fingerprint density at radius 2 is 1.88 bits per heavy atom. The van der Waals surface area contributed by atoms with Crippen LogP contribution in [0.2, 0.25) is 5.02 Å². The molecule has 1 aliphatic rings. The summed E-state index contributed by atoms with van der Waals surface area (Å²) in [5.74, 6) is 0.682. The fourth-order valence-electron chi connectivity index (χ4n) is 3.06. The van der Waals surface area contributed by atoms with Gasteiger partial charge in [-0.3, -0.25) is 9.20 Å². The van der Waals surface area contributed by atoms with Gasteiger partial charge in [0.25, 0.3) is 5.56 Å². The van der Waals surface area contributed by atoms with Crippen LogP contribution in [-0.4, -0.2) is 35.7 Å². The van der Waals surface area contributed by atoms with Gasteiger partial charge in [0.05, 0.1) is 18.9 Å². The van der Waals surface area contributed by atoms with Crippen molar-refractivity contribution in [3.8, 4) is 0 Å². The third kappa shape index (κ3) is 3.38. The number of hydrogen-bond donors (Lipinski definition) is 1. The maximum absolute atomic E-state index is 12.7. The van der Waals surface area contributed by atoms with Crippen molar-refractivity contribution in [3.05, 3.63) is 63.5 Å². The predicted molar refractivity (Wildman–Crippen MR) is 104 cm³/mol. The molecule has 0 aliphatic carbocycles. The molecule has 0 atom stereocenters. The topological polar surface area (TPSA) is 58.9 Å². The average molecular weight is 371 g/mol. The zero-order valence-electron chi connectivity index (χ0n) is 14.4. The Labute approximate surface area is 156 Å². The highest BCUT2D eigenvalue weighted by Crippen LogP contribution is 2.24. The van der Waals surface area contributed by atoms with Crippen molar-refractivity contribution >= 4 is 34.4 Å². The number of hydrogen-bond acceptors (Lipinski definition) is 5. The van der Waals surface area contributed by atoms with Crippen LogP contribution in [0, 0.1) is 6.92 Å². The monoisotopic (exact) mass is 370 g/mol. The first-order valence-corrected chi connectivity index (χ1v) is 8.87. The minimum absolute atomic E-state index is 0.0978. The Hall–Kier alpha value is -2.57. The lowest BCUT2D eigenvalue weighted by atomic mass is 10.2. The molecule has 3 aromatic rings. The average Bonchev–Trinajstić information content (AvgIpc) is 2.65. The smallest absolute Gasteiger partial charge is 0.260 e. The molecule has 1 fully saturated rings. The number of pyridine rings is 1. The Kier molecular flexibility index (Phi) is 4.53. The first-order valence-electron chi connectivity index (χ1n) is 8.49. The van der Waals surface area contributed by atoms with E-state index in [1.54, 1.807) is 16.7 Å². The molecule has 0 amide bonds. The van der Waals surface area contributed by atoms with Crippen molar-refractivity contribution in [1.29, 1.82) is 0 Å². The normalized spacial score (nSPS) is 14.6. The second kappa shape index (κ2) is 6.97. The van der Waals surface area contributed by atoms with E-state index in [4.69, 9.17) is 21.3 Å². The van der Waals surface area contributed by atoms with Crippen LogP contribution in [0.5, 0.6) is 0 Å². The van der Waals surface area contributed by atoms with Gasteiger partial charge in [0.2, 0.25) is 0 Å². The zero-order chi connectivity index (χ0) is 18.1. The molecule has 0 bridgehead atoms. The lowest BCUT2D eigenvalue weighted by Crippen LogP contribution is -2.37. The molecule has 0 unspecified atom stereocenters. The van der Waals surface area contributed by atoms with Crippen LogP contribution < -0.4 is 15.8 Å². The molecule has 1 N–H and O–H groups in total. The summed E-state index contributed by atoms with van der Waals surface area (Å²) < 4.78 is 6.97. The molecule has 0 radical (unpaired) electrons. The SMILES string of the molecule is Cc1cc(Nc2ccc(Cl)cc2)c2nc(N3CCOCC3)cc(=O)n2c1. The molecule has 4 rings (SSSR count). The van der Waals surface area contributed by atoms with Crippen molar-refractivity contribution in [3.63, 3.8) is 0 Å². The standard InChI is InChI=1S/C19H19ClN4O2/c1-13-10-16(21-15-4-2-14(20)3-5-15)19-22-17(11-18(25)24(19)12-13)23-6-8-26-9-7-23/h2-5,10-12,21H,6-9H2,1H3. The highest BCUT2D eigenvalue weighted by molar-refractivity contribution is 6.30. The summed E-state index contributed by atoms with van der Waals surface area (Å²) in [6, 6.07) is 11.0. The molecular formula is C19H19ClN4O2. The van der Waals surface area contributed by atoms with Crippen LogP contribution in [0.3, 0.4) is 0 Å². The number of nitrogens with zero attached hydrogens (tertiary/aromatic N) is 3. The first-order chi connectivity index (χ1) is 12.6. The molecule has 7 heteroatoms. The van der Waals surface area contributed by atoms with Gasteiger partial charge < -0.3 is 15.0 Å². The number of anilines is 3. The van der Waals surface area contributed by atoms with Crippen molar-refractivity contribution in [2.75, 3.05) is 36.5 Å². The van der Waals surface area contributed by atoms with Gasteiger partial charge >= 0.3 is 0 Å². The van der Waals surface area contributed by atoms with Crippen LogP contribution in [-0.2, 0) is 4.74 Å². The van der Waals surface area contributed by atoms with Gasteiger partial charge in [-0.1, -0.05) is 11.6 Å². The van der Waals surface area contributed by atoms with Crippen molar-refractivity contribution in [1.82, 2.24) is 9.38 Å². The number of nitrogens with one attached hydrogen (secondary N) is 1. The van der Waals surface area contributed by atoms with Crippen LogP contribution in [0.4, 0.5) is 17.2 Å². The molecule has 1 aromatic carbocycles. The Balaban J connectivity index is 1.81. The molecule has 0 saturated carbocycles. The number of fused-ring (bicyclic) bond motifs is 1. The predicted octanol–water partition coefficient (Wildman–Crippen LogP) is 3.24. The summed E-state index contributed by atoms with van der Waals surface area (Å²) in [5, 5.41) is 4.02. The highest BCUT2D eigenvalue weighted by Gasteiger charge is 2.16. The lowest BCUT2D eigenvalue weighted by molar-refractivity contribution is 0.122. The number of morpholine rings is 1. The number of ether oxygens (including phenoxy) is 1. The highest BCUT2D eigenvalue weighted by atomic mass is 35.5. The summed E-state index contributed by atoms with van der Waals surface area (Å²) in [7, 11) is 0. The van der Waals surface area contributed by atoms with E-state index in [1.807, 2.05) is 37.3 Å². The Morgan fingerprint density at radius 1 is 1.15 bits per heavy atom. The molecule has 1 aliphatic heterocycles. The van der Waals surface area contributed by atoms with E-state index in [9.17, 15) is 4.79 Å². The minimum Gasteiger partial charge on any atom is -0.378 e. The van der Waals surface area contributed by atoms with Crippen LogP contribution in [0.25, 0.3) is 5.65 Å². The van der Waals surface area contributed by atoms with E-state index in [0.717, 1.165) is 30.0 Å². The number of rotatable bonds is 3. The lowest BCUT2D eigenvalue weighted by Gasteiger charge is -2.28. The quantitative estimate of drug-likeness (QED) is 0.767. The van der Waals surface area contributed by atoms with E-state index in [2.05, 4.69) is 10.2 Å². The molecule has 6 nitrogen and oxygen atoms in total. The number of aromatic nitrogens is 2. The number of halogens is 1. The maximum Gasteiger partial charge on any atom is 0.260 e. The minimum atomic E-state index is -0.0978. The summed E-state index contributed by atoms with van der Waals surface area (Å²) in [6.45, 7) is 4.70. The maximum atomic E-state index is 12.7. The number of benzene rings is 1. The number of aryl methyl sites for hydroxylation is 1.